The monoisotopic (exact) mass is 553 g/mol. The van der Waals surface area contributed by atoms with Gasteiger partial charge in [0.05, 0.1) is 16.7 Å². The molecule has 0 spiro atoms. The molecule has 0 unspecified atom stereocenters. The van der Waals surface area contributed by atoms with Crippen molar-refractivity contribution >= 4 is 27.3 Å². The summed E-state index contributed by atoms with van der Waals surface area (Å²) in [5.41, 5.74) is 2.10. The fraction of sp³-hybridized carbons (Fsp3) is 0.333. The van der Waals surface area contributed by atoms with Crippen LogP contribution in [0.15, 0.2) is 48.7 Å². The fourth-order valence-electron chi connectivity index (χ4n) is 5.51. The van der Waals surface area contributed by atoms with Gasteiger partial charge in [-0.1, -0.05) is 6.07 Å². The van der Waals surface area contributed by atoms with Crippen molar-refractivity contribution in [3.63, 3.8) is 0 Å². The molecule has 2 heterocycles. The number of carbonyl (C=O) groups is 1. The Morgan fingerprint density at radius 1 is 1.10 bits per heavy atom. The molecule has 1 amide bonds. The molecule has 39 heavy (non-hydrogen) atoms. The molecule has 0 bridgehead atoms. The van der Waals surface area contributed by atoms with E-state index in [1.807, 2.05) is 13.1 Å². The van der Waals surface area contributed by atoms with E-state index in [0.717, 1.165) is 49.2 Å². The number of hydrogen-bond acceptors (Lipinski definition) is 5. The molecule has 4 aromatic rings. The van der Waals surface area contributed by atoms with Crippen LogP contribution in [0.2, 0.25) is 0 Å². The van der Waals surface area contributed by atoms with E-state index in [1.54, 1.807) is 43.2 Å². The summed E-state index contributed by atoms with van der Waals surface area (Å²) in [6.45, 7) is 1.86. The van der Waals surface area contributed by atoms with Crippen LogP contribution < -0.4 is 10.1 Å². The number of fused-ring (bicyclic) bond motifs is 1. The molecular weight excluding hydrogens is 523 g/mol. The van der Waals surface area contributed by atoms with Gasteiger partial charge >= 0.3 is 0 Å². The van der Waals surface area contributed by atoms with Crippen LogP contribution in [0, 0.1) is 24.5 Å². The maximum absolute atomic E-state index is 14.7. The number of nitrogens with zero attached hydrogens (tertiary/aromatic N) is 2. The Balaban J connectivity index is 1.57. The van der Waals surface area contributed by atoms with E-state index in [4.69, 9.17) is 4.74 Å². The van der Waals surface area contributed by atoms with Gasteiger partial charge in [0.2, 0.25) is 5.95 Å². The first-order valence-corrected chi connectivity index (χ1v) is 13.8. The highest BCUT2D eigenvalue weighted by molar-refractivity contribution is 7.21. The van der Waals surface area contributed by atoms with Crippen LogP contribution in [0.4, 0.5) is 13.2 Å². The van der Waals surface area contributed by atoms with Gasteiger partial charge in [-0.25, -0.2) is 13.8 Å². The lowest BCUT2D eigenvalue weighted by atomic mass is 9.89. The molecule has 5 nitrogen and oxygen atoms in total. The second kappa shape index (κ2) is 11.4. The average molecular weight is 554 g/mol. The zero-order valence-corrected chi connectivity index (χ0v) is 22.9. The van der Waals surface area contributed by atoms with Gasteiger partial charge in [0, 0.05) is 41.3 Å². The van der Waals surface area contributed by atoms with Crippen LogP contribution in [0.3, 0.4) is 0 Å². The number of nitrogens with one attached hydrogen (secondary N) is 1. The van der Waals surface area contributed by atoms with E-state index in [2.05, 4.69) is 10.3 Å². The highest BCUT2D eigenvalue weighted by Gasteiger charge is 2.32. The molecule has 2 aromatic carbocycles. The van der Waals surface area contributed by atoms with Gasteiger partial charge in [0.25, 0.3) is 5.91 Å². The van der Waals surface area contributed by atoms with E-state index >= 15 is 0 Å². The van der Waals surface area contributed by atoms with Crippen molar-refractivity contribution in [3.8, 4) is 16.9 Å². The number of pyridine rings is 1. The van der Waals surface area contributed by atoms with Gasteiger partial charge in [0.15, 0.2) is 0 Å². The predicted molar refractivity (Wildman–Crippen MR) is 148 cm³/mol. The van der Waals surface area contributed by atoms with Crippen molar-refractivity contribution < 1.29 is 22.7 Å². The number of halogens is 3. The summed E-state index contributed by atoms with van der Waals surface area (Å²) in [6, 6.07) is 11.1. The molecular formula is C30H30F3N3O2S. The Kier molecular flexibility index (Phi) is 7.91. The molecule has 1 saturated carbocycles. The van der Waals surface area contributed by atoms with Gasteiger partial charge in [-0.05, 0) is 87.2 Å². The SMILES string of the molecule is CNC1CCC(N(Cc2cc(-c3cccnc3F)ccc2OC)C(=O)c2sc3c(F)ccc(F)c3c2C)CC1. The second-order valence-electron chi connectivity index (χ2n) is 9.89. The minimum absolute atomic E-state index is 0.0788. The Bertz CT molecular complexity index is 1520. The van der Waals surface area contributed by atoms with Crippen LogP contribution in [0.5, 0.6) is 5.75 Å². The van der Waals surface area contributed by atoms with E-state index in [1.165, 1.54) is 6.20 Å². The third-order valence-corrected chi connectivity index (χ3v) is 8.96. The summed E-state index contributed by atoms with van der Waals surface area (Å²) in [6.07, 6.45) is 4.76. The molecule has 0 saturated heterocycles. The highest BCUT2D eigenvalue weighted by atomic mass is 32.1. The molecule has 0 aliphatic heterocycles. The van der Waals surface area contributed by atoms with Crippen molar-refractivity contribution in [2.45, 2.75) is 51.2 Å². The second-order valence-corrected chi connectivity index (χ2v) is 10.9. The lowest BCUT2D eigenvalue weighted by Gasteiger charge is -2.37. The van der Waals surface area contributed by atoms with Gasteiger partial charge in [0.1, 0.15) is 17.4 Å². The normalized spacial score (nSPS) is 17.4. The number of carbonyl (C=O) groups excluding carboxylic acids is 1. The minimum Gasteiger partial charge on any atom is -0.496 e. The number of ether oxygens (including phenoxy) is 1. The van der Waals surface area contributed by atoms with Gasteiger partial charge < -0.3 is 15.0 Å². The zero-order chi connectivity index (χ0) is 27.7. The van der Waals surface area contributed by atoms with Crippen LogP contribution >= 0.6 is 11.3 Å². The van der Waals surface area contributed by atoms with Crippen LogP contribution in [-0.4, -0.2) is 42.0 Å². The summed E-state index contributed by atoms with van der Waals surface area (Å²) in [4.78, 5) is 20.1. The first-order valence-electron chi connectivity index (χ1n) is 13.0. The molecule has 0 radical (unpaired) electrons. The Hall–Kier alpha value is -3.43. The number of benzene rings is 2. The first kappa shape index (κ1) is 27.1. The Morgan fingerprint density at radius 3 is 2.51 bits per heavy atom. The quantitative estimate of drug-likeness (QED) is 0.254. The number of aryl methyl sites for hydroxylation is 1. The predicted octanol–water partition coefficient (Wildman–Crippen LogP) is 6.87. The van der Waals surface area contributed by atoms with E-state index in [-0.39, 0.29) is 28.6 Å². The number of hydrogen-bond donors (Lipinski definition) is 1. The summed E-state index contributed by atoms with van der Waals surface area (Å²) in [7, 11) is 3.49. The van der Waals surface area contributed by atoms with Crippen molar-refractivity contribution in [2.75, 3.05) is 14.2 Å². The topological polar surface area (TPSA) is 54.5 Å². The average Bonchev–Trinajstić information content (AvgIpc) is 3.32. The van der Waals surface area contributed by atoms with Gasteiger partial charge in [-0.2, -0.15) is 4.39 Å². The van der Waals surface area contributed by atoms with Crippen molar-refractivity contribution in [1.29, 1.82) is 0 Å². The summed E-state index contributed by atoms with van der Waals surface area (Å²) in [5.74, 6) is -1.40. The van der Waals surface area contributed by atoms with Crippen LogP contribution in [0.25, 0.3) is 21.2 Å². The molecule has 9 heteroatoms. The zero-order valence-electron chi connectivity index (χ0n) is 22.1. The largest absolute Gasteiger partial charge is 0.496 e. The van der Waals surface area contributed by atoms with Crippen molar-refractivity contribution in [1.82, 2.24) is 15.2 Å². The Morgan fingerprint density at radius 2 is 1.85 bits per heavy atom. The summed E-state index contributed by atoms with van der Waals surface area (Å²) < 4.78 is 49.6. The van der Waals surface area contributed by atoms with E-state index < -0.39 is 17.6 Å². The molecule has 2 aromatic heterocycles. The molecule has 0 atom stereocenters. The molecule has 1 aliphatic rings. The summed E-state index contributed by atoms with van der Waals surface area (Å²) >= 11 is 0.985. The molecule has 1 N–H and O–H groups in total. The van der Waals surface area contributed by atoms with Crippen LogP contribution in [0.1, 0.15) is 46.5 Å². The smallest absolute Gasteiger partial charge is 0.264 e. The minimum atomic E-state index is -0.586. The van der Waals surface area contributed by atoms with Gasteiger partial charge in [-0.3, -0.25) is 4.79 Å². The fourth-order valence-corrected chi connectivity index (χ4v) is 6.69. The number of thiophene rings is 1. The maximum atomic E-state index is 14.7. The lowest BCUT2D eigenvalue weighted by Crippen LogP contribution is -2.44. The van der Waals surface area contributed by atoms with Gasteiger partial charge in [-0.15, -0.1) is 11.3 Å². The lowest BCUT2D eigenvalue weighted by molar-refractivity contribution is 0.0604. The number of amides is 1. The molecule has 204 valence electrons. The highest BCUT2D eigenvalue weighted by Crippen LogP contribution is 2.38. The molecule has 5 rings (SSSR count). The Labute approximate surface area is 229 Å². The van der Waals surface area contributed by atoms with E-state index in [0.29, 0.717) is 38.9 Å². The van der Waals surface area contributed by atoms with E-state index in [9.17, 15) is 18.0 Å². The van der Waals surface area contributed by atoms with Crippen molar-refractivity contribution in [2.24, 2.45) is 0 Å². The molecule has 1 aliphatic carbocycles. The molecule has 1 fully saturated rings. The third kappa shape index (κ3) is 5.25. The number of rotatable bonds is 7. The summed E-state index contributed by atoms with van der Waals surface area (Å²) in [5, 5.41) is 3.46. The maximum Gasteiger partial charge on any atom is 0.264 e. The van der Waals surface area contributed by atoms with Crippen molar-refractivity contribution in [3.05, 3.63) is 82.2 Å². The third-order valence-electron chi connectivity index (χ3n) is 7.67. The first-order chi connectivity index (χ1) is 18.8. The standard InChI is InChI=1S/C30H30F3N3O2S/c1-17-26-23(31)11-12-24(32)28(26)39-27(17)30(37)36(21-9-7-20(34-2)8-10-21)16-19-15-18(6-13-25(19)38-3)22-5-4-14-35-29(22)33/h4-6,11-15,20-21,34H,7-10,16H2,1-3H3. The van der Waals surface area contributed by atoms with Crippen LogP contribution in [-0.2, 0) is 6.54 Å². The number of methoxy groups -OCH3 is 1. The number of aromatic nitrogens is 1.